The second-order valence-electron chi connectivity index (χ2n) is 5.91. The fourth-order valence-electron chi connectivity index (χ4n) is 2.67. The highest BCUT2D eigenvalue weighted by molar-refractivity contribution is 8.21. The van der Waals surface area contributed by atoms with Gasteiger partial charge in [-0.25, -0.2) is 0 Å². The minimum atomic E-state index is 0.00683. The second-order valence-corrected chi connectivity index (χ2v) is 8.14. The molecule has 0 aliphatic heterocycles. The lowest BCUT2D eigenvalue weighted by Gasteiger charge is -2.17. The Balaban J connectivity index is 1.80. The number of rotatable bonds is 6. The SMILES string of the molecule is O=C1CCCC(=O)C1=C(SCc1ccccc1)SCc1ccccc1. The summed E-state index contributed by atoms with van der Waals surface area (Å²) in [7, 11) is 0. The smallest absolute Gasteiger partial charge is 0.168 e. The highest BCUT2D eigenvalue weighted by Gasteiger charge is 2.27. The third kappa shape index (κ3) is 5.10. The zero-order valence-corrected chi connectivity index (χ0v) is 15.6. The summed E-state index contributed by atoms with van der Waals surface area (Å²) in [6.07, 6.45) is 1.66. The molecule has 0 radical (unpaired) electrons. The van der Waals surface area contributed by atoms with Crippen LogP contribution >= 0.6 is 23.5 Å². The molecule has 0 heterocycles. The van der Waals surface area contributed by atoms with E-state index in [0.29, 0.717) is 24.8 Å². The molecule has 0 saturated heterocycles. The first-order chi connectivity index (χ1) is 12.2. The maximum Gasteiger partial charge on any atom is 0.168 e. The summed E-state index contributed by atoms with van der Waals surface area (Å²) in [6, 6.07) is 20.3. The normalized spacial score (nSPS) is 14.6. The quantitative estimate of drug-likeness (QED) is 0.506. The van der Waals surface area contributed by atoms with Crippen molar-refractivity contribution in [2.75, 3.05) is 0 Å². The third-order valence-corrected chi connectivity index (χ3v) is 6.59. The predicted octanol–water partition coefficient (Wildman–Crippen LogP) is 5.39. The lowest BCUT2D eigenvalue weighted by atomic mass is 9.94. The fraction of sp³-hybridized carbons (Fsp3) is 0.238. The Morgan fingerprint density at radius 2 is 1.16 bits per heavy atom. The van der Waals surface area contributed by atoms with Crippen LogP contribution < -0.4 is 0 Å². The van der Waals surface area contributed by atoms with Crippen molar-refractivity contribution in [3.63, 3.8) is 0 Å². The molecule has 25 heavy (non-hydrogen) atoms. The van der Waals surface area contributed by atoms with Gasteiger partial charge in [-0.05, 0) is 17.5 Å². The number of carbonyl (C=O) groups is 2. The topological polar surface area (TPSA) is 34.1 Å². The van der Waals surface area contributed by atoms with E-state index in [2.05, 4.69) is 24.3 Å². The molecule has 4 heteroatoms. The van der Waals surface area contributed by atoms with Gasteiger partial charge in [-0.2, -0.15) is 0 Å². The predicted molar refractivity (Wildman–Crippen MR) is 106 cm³/mol. The van der Waals surface area contributed by atoms with Gasteiger partial charge in [-0.3, -0.25) is 9.59 Å². The van der Waals surface area contributed by atoms with Crippen molar-refractivity contribution in [2.45, 2.75) is 30.8 Å². The maximum absolute atomic E-state index is 12.4. The van der Waals surface area contributed by atoms with Crippen LogP contribution in [0.15, 0.2) is 70.5 Å². The molecule has 1 aliphatic rings. The second kappa shape index (κ2) is 9.07. The highest BCUT2D eigenvalue weighted by atomic mass is 32.2. The lowest BCUT2D eigenvalue weighted by molar-refractivity contribution is -0.123. The number of Topliss-reactive ketones (excluding diaryl/α,β-unsaturated/α-hetero) is 2. The molecular weight excluding hydrogens is 348 g/mol. The molecule has 0 bridgehead atoms. The van der Waals surface area contributed by atoms with Crippen molar-refractivity contribution < 1.29 is 9.59 Å². The van der Waals surface area contributed by atoms with Crippen molar-refractivity contribution >= 4 is 35.1 Å². The summed E-state index contributed by atoms with van der Waals surface area (Å²) in [5.41, 5.74) is 2.83. The van der Waals surface area contributed by atoms with Gasteiger partial charge in [0.1, 0.15) is 0 Å². The first-order valence-corrected chi connectivity index (χ1v) is 10.4. The standard InChI is InChI=1S/C21H20O2S2/c22-18-12-7-13-19(23)20(18)21(24-14-16-8-3-1-4-9-16)25-15-17-10-5-2-6-11-17/h1-6,8-11H,7,12-15H2. The van der Waals surface area contributed by atoms with E-state index in [1.807, 2.05) is 36.4 Å². The van der Waals surface area contributed by atoms with Crippen LogP contribution in [0.25, 0.3) is 0 Å². The van der Waals surface area contributed by atoms with Crippen LogP contribution in [0.1, 0.15) is 30.4 Å². The lowest BCUT2D eigenvalue weighted by Crippen LogP contribution is -2.19. The molecule has 2 aromatic rings. The van der Waals surface area contributed by atoms with Crippen LogP contribution in [-0.4, -0.2) is 11.6 Å². The molecule has 2 nitrogen and oxygen atoms in total. The highest BCUT2D eigenvalue weighted by Crippen LogP contribution is 2.38. The van der Waals surface area contributed by atoms with Crippen LogP contribution in [0.4, 0.5) is 0 Å². The van der Waals surface area contributed by atoms with Crippen LogP contribution in [0.5, 0.6) is 0 Å². The third-order valence-electron chi connectivity index (χ3n) is 3.99. The molecule has 1 saturated carbocycles. The number of ketones is 2. The number of hydrogen-bond donors (Lipinski definition) is 0. The monoisotopic (exact) mass is 368 g/mol. The van der Waals surface area contributed by atoms with Crippen LogP contribution in [0, 0.1) is 0 Å². The number of benzene rings is 2. The summed E-state index contributed by atoms with van der Waals surface area (Å²) in [4.78, 5) is 24.7. The van der Waals surface area contributed by atoms with E-state index in [4.69, 9.17) is 0 Å². The van der Waals surface area contributed by atoms with E-state index in [0.717, 1.165) is 15.7 Å². The first kappa shape index (κ1) is 18.0. The Hall–Kier alpha value is -1.78. The summed E-state index contributed by atoms with van der Waals surface area (Å²) >= 11 is 3.22. The van der Waals surface area contributed by atoms with Gasteiger partial charge in [-0.1, -0.05) is 60.7 Å². The van der Waals surface area contributed by atoms with Crippen molar-refractivity contribution in [1.29, 1.82) is 0 Å². The summed E-state index contributed by atoms with van der Waals surface area (Å²) in [5.74, 6) is 1.55. The largest absolute Gasteiger partial charge is 0.294 e. The van der Waals surface area contributed by atoms with Gasteiger partial charge < -0.3 is 0 Å². The molecule has 0 aromatic heterocycles. The van der Waals surface area contributed by atoms with Gasteiger partial charge in [0.15, 0.2) is 11.6 Å². The van der Waals surface area contributed by atoms with E-state index in [-0.39, 0.29) is 11.6 Å². The Morgan fingerprint density at radius 3 is 1.60 bits per heavy atom. The maximum atomic E-state index is 12.4. The molecule has 0 N–H and O–H groups in total. The number of hydrogen-bond acceptors (Lipinski definition) is 4. The van der Waals surface area contributed by atoms with Crippen LogP contribution in [0.3, 0.4) is 0 Å². The molecule has 0 amide bonds. The van der Waals surface area contributed by atoms with E-state index in [1.54, 1.807) is 23.5 Å². The van der Waals surface area contributed by atoms with Crippen molar-refractivity contribution in [3.05, 3.63) is 81.6 Å². The molecule has 1 aliphatic carbocycles. The Kier molecular flexibility index (Phi) is 6.54. The Morgan fingerprint density at radius 1 is 0.720 bits per heavy atom. The Bertz CT molecular complexity index is 703. The van der Waals surface area contributed by atoms with Gasteiger partial charge >= 0.3 is 0 Å². The van der Waals surface area contributed by atoms with Crippen molar-refractivity contribution in [1.82, 2.24) is 0 Å². The molecule has 2 aromatic carbocycles. The molecular formula is C21H20O2S2. The number of allylic oxidation sites excluding steroid dienone is 1. The molecule has 0 spiro atoms. The van der Waals surface area contributed by atoms with E-state index >= 15 is 0 Å². The Labute approximate surface area is 157 Å². The van der Waals surface area contributed by atoms with E-state index < -0.39 is 0 Å². The average Bonchev–Trinajstić information content (AvgIpc) is 2.65. The van der Waals surface area contributed by atoms with Gasteiger partial charge in [0.25, 0.3) is 0 Å². The number of carbonyl (C=O) groups excluding carboxylic acids is 2. The van der Waals surface area contributed by atoms with Crippen LogP contribution in [-0.2, 0) is 21.1 Å². The minimum Gasteiger partial charge on any atom is -0.294 e. The van der Waals surface area contributed by atoms with Crippen LogP contribution in [0.2, 0.25) is 0 Å². The molecule has 0 atom stereocenters. The molecule has 0 unspecified atom stereocenters. The fourth-order valence-corrected chi connectivity index (χ4v) is 5.09. The van der Waals surface area contributed by atoms with Gasteiger partial charge in [-0.15, -0.1) is 23.5 Å². The van der Waals surface area contributed by atoms with Gasteiger partial charge in [0, 0.05) is 24.3 Å². The van der Waals surface area contributed by atoms with Crippen molar-refractivity contribution in [3.8, 4) is 0 Å². The summed E-state index contributed by atoms with van der Waals surface area (Å²) in [6.45, 7) is 0. The number of thioether (sulfide) groups is 2. The minimum absolute atomic E-state index is 0.00683. The van der Waals surface area contributed by atoms with E-state index in [1.165, 1.54) is 11.1 Å². The first-order valence-electron chi connectivity index (χ1n) is 8.38. The average molecular weight is 369 g/mol. The zero-order valence-electron chi connectivity index (χ0n) is 13.9. The molecule has 1 fully saturated rings. The molecule has 128 valence electrons. The summed E-state index contributed by atoms with van der Waals surface area (Å²) < 4.78 is 0.877. The van der Waals surface area contributed by atoms with Gasteiger partial charge in [0.05, 0.1) is 9.81 Å². The zero-order chi connectivity index (χ0) is 17.5. The summed E-state index contributed by atoms with van der Waals surface area (Å²) in [5, 5.41) is 0. The van der Waals surface area contributed by atoms with Gasteiger partial charge in [0.2, 0.25) is 0 Å². The molecule has 3 rings (SSSR count). The van der Waals surface area contributed by atoms with E-state index in [9.17, 15) is 9.59 Å². The van der Waals surface area contributed by atoms with Crippen molar-refractivity contribution in [2.24, 2.45) is 0 Å².